The fourth-order valence-corrected chi connectivity index (χ4v) is 8.04. The van der Waals surface area contributed by atoms with Crippen LogP contribution in [0.5, 0.6) is 5.75 Å². The van der Waals surface area contributed by atoms with Gasteiger partial charge in [0.25, 0.3) is 0 Å². The Labute approximate surface area is 456 Å². The highest BCUT2D eigenvalue weighted by molar-refractivity contribution is 5.92. The molecule has 77 heavy (non-hydrogen) atoms. The van der Waals surface area contributed by atoms with Gasteiger partial charge in [0, 0.05) is 45.7 Å². The van der Waals surface area contributed by atoms with Gasteiger partial charge in [0.2, 0.25) is 23.6 Å². The number of hydrogen-bond donors (Lipinski definition) is 5. The number of ether oxygens (including phenoxy) is 5. The van der Waals surface area contributed by atoms with E-state index >= 15 is 0 Å². The molecule has 1 aromatic carbocycles. The van der Waals surface area contributed by atoms with Crippen LogP contribution in [0.1, 0.15) is 128 Å². The molecule has 3 atom stereocenters. The zero-order valence-corrected chi connectivity index (χ0v) is 48.4. The number of benzene rings is 1. The molecule has 1 aromatic rings. The van der Waals surface area contributed by atoms with Gasteiger partial charge >= 0.3 is 29.8 Å². The monoisotopic (exact) mass is 1090 g/mol. The van der Waals surface area contributed by atoms with Gasteiger partial charge in [-0.2, -0.15) is 0 Å². The second-order valence-electron chi connectivity index (χ2n) is 23.9. The van der Waals surface area contributed by atoms with Crippen molar-refractivity contribution in [3.05, 3.63) is 29.8 Å². The molecule has 2 bridgehead atoms. The minimum Gasteiger partial charge on any atom is -0.494 e. The van der Waals surface area contributed by atoms with Gasteiger partial charge in [0.05, 0.1) is 57.7 Å². The van der Waals surface area contributed by atoms with Gasteiger partial charge in [-0.15, -0.1) is 0 Å². The third kappa shape index (κ3) is 31.2. The van der Waals surface area contributed by atoms with Crippen LogP contribution in [0.4, 0.5) is 0 Å². The standard InChI is InChI=1S/C55H91N7O15/c1-37(2)29-41-40(51(71)72)17-15-28-73-39-20-18-38(19-21-39)30-42(59-49(41)69)50(70)58-31-43(63)56-22-16-23-57-44(64)32-60(24-26-61(33-45(65)74-52(3,4)5)34-46(66)75-53(6,7)8)25-27-62(35-47(67)76-54(9,10)11)36-48(68)77-55(12,13)14/h18-21,37,40-42H,15-17,22-36H2,1-14H3,(H,56,63)(H,57,64)(H,58,70)(H,59,69)(H,71,72)/t40-,41+,42?/m0/s1. The molecule has 0 saturated carbocycles. The van der Waals surface area contributed by atoms with E-state index in [0.717, 1.165) is 0 Å². The summed E-state index contributed by atoms with van der Waals surface area (Å²) in [5.74, 6) is -6.87. The second kappa shape index (κ2) is 31.5. The van der Waals surface area contributed by atoms with Gasteiger partial charge in [0.1, 0.15) is 34.2 Å². The van der Waals surface area contributed by atoms with Crippen molar-refractivity contribution in [3.63, 3.8) is 0 Å². The maximum absolute atomic E-state index is 13.8. The molecule has 0 saturated heterocycles. The molecular formula is C55H91N7O15. The number of hydrogen-bond acceptors (Lipinski definition) is 17. The Morgan fingerprint density at radius 3 is 1.48 bits per heavy atom. The highest BCUT2D eigenvalue weighted by atomic mass is 16.6. The van der Waals surface area contributed by atoms with E-state index in [9.17, 15) is 48.3 Å². The van der Waals surface area contributed by atoms with Gasteiger partial charge in [-0.25, -0.2) is 0 Å². The highest BCUT2D eigenvalue weighted by Crippen LogP contribution is 2.27. The molecule has 0 aromatic heterocycles. The predicted molar refractivity (Wildman–Crippen MR) is 287 cm³/mol. The van der Waals surface area contributed by atoms with Crippen molar-refractivity contribution in [1.29, 1.82) is 0 Å². The third-order valence-electron chi connectivity index (χ3n) is 11.1. The molecule has 2 aliphatic heterocycles. The summed E-state index contributed by atoms with van der Waals surface area (Å²) in [5, 5.41) is 21.1. The first-order valence-electron chi connectivity index (χ1n) is 26.7. The Balaban J connectivity index is 2.19. The molecule has 2 heterocycles. The Hall–Kier alpha value is -5.87. The number of carbonyl (C=O) groups excluding carboxylic acids is 8. The van der Waals surface area contributed by atoms with Crippen LogP contribution < -0.4 is 26.0 Å². The van der Waals surface area contributed by atoms with Crippen molar-refractivity contribution < 1.29 is 71.9 Å². The zero-order chi connectivity index (χ0) is 58.3. The van der Waals surface area contributed by atoms with Crippen molar-refractivity contribution in [3.8, 4) is 5.75 Å². The summed E-state index contributed by atoms with van der Waals surface area (Å²) in [6, 6.07) is 5.90. The van der Waals surface area contributed by atoms with Gasteiger partial charge in [-0.3, -0.25) is 57.9 Å². The van der Waals surface area contributed by atoms with Crippen molar-refractivity contribution in [2.24, 2.45) is 17.8 Å². The molecule has 3 rings (SSSR count). The summed E-state index contributed by atoms with van der Waals surface area (Å²) in [4.78, 5) is 123. The van der Waals surface area contributed by atoms with Crippen LogP contribution in [0.25, 0.3) is 0 Å². The summed E-state index contributed by atoms with van der Waals surface area (Å²) >= 11 is 0. The molecule has 22 heteroatoms. The van der Waals surface area contributed by atoms with E-state index in [2.05, 4.69) is 21.3 Å². The summed E-state index contributed by atoms with van der Waals surface area (Å²) < 4.78 is 28.0. The first-order valence-corrected chi connectivity index (χ1v) is 26.7. The van der Waals surface area contributed by atoms with Crippen LogP contribution in [0.2, 0.25) is 0 Å². The van der Waals surface area contributed by atoms with Crippen molar-refractivity contribution >= 4 is 53.5 Å². The van der Waals surface area contributed by atoms with Gasteiger partial charge in [-0.1, -0.05) is 26.0 Å². The fourth-order valence-electron chi connectivity index (χ4n) is 8.04. The quantitative estimate of drug-likeness (QED) is 0.0506. The van der Waals surface area contributed by atoms with E-state index in [1.165, 1.54) is 0 Å². The molecule has 0 spiro atoms. The first kappa shape index (κ1) is 67.2. The molecule has 0 fully saturated rings. The van der Waals surface area contributed by atoms with Gasteiger partial charge in [-0.05, 0) is 132 Å². The van der Waals surface area contributed by atoms with Crippen molar-refractivity contribution in [1.82, 2.24) is 36.0 Å². The summed E-state index contributed by atoms with van der Waals surface area (Å²) in [5.41, 5.74) is -2.48. The zero-order valence-electron chi connectivity index (χ0n) is 48.4. The predicted octanol–water partition coefficient (Wildman–Crippen LogP) is 3.26. The lowest BCUT2D eigenvalue weighted by molar-refractivity contribution is -0.162. The van der Waals surface area contributed by atoms with Crippen LogP contribution in [0.3, 0.4) is 0 Å². The molecule has 2 aliphatic rings. The number of carboxylic acids is 1. The molecular weight excluding hydrogens is 999 g/mol. The SMILES string of the molecule is CC(C)C[C@H]1C(=O)NC(C(=O)NCC(=O)NCCCNC(=O)CN(CCN(CC(=O)OC(C)(C)C)CC(=O)OC(C)(C)C)CCN(CC(=O)OC(C)(C)C)CC(=O)OC(C)(C)C)Cc2ccc(cc2)OCCC[C@@H]1C(=O)O. The lowest BCUT2D eigenvalue weighted by Crippen LogP contribution is -2.52. The average molecular weight is 1090 g/mol. The summed E-state index contributed by atoms with van der Waals surface area (Å²) in [6.07, 6.45) is 1.25. The lowest BCUT2D eigenvalue weighted by atomic mass is 9.81. The Morgan fingerprint density at radius 1 is 0.636 bits per heavy atom. The maximum atomic E-state index is 13.8. The molecule has 5 N–H and O–H groups in total. The number of rotatable bonds is 26. The van der Waals surface area contributed by atoms with Crippen LogP contribution in [0.15, 0.2) is 24.3 Å². The Bertz CT molecular complexity index is 1980. The van der Waals surface area contributed by atoms with Crippen LogP contribution in [0, 0.1) is 17.8 Å². The summed E-state index contributed by atoms with van der Waals surface area (Å²) in [7, 11) is 0. The van der Waals surface area contributed by atoms with Crippen molar-refractivity contribution in [2.45, 2.75) is 157 Å². The van der Waals surface area contributed by atoms with Crippen molar-refractivity contribution in [2.75, 3.05) is 85.1 Å². The van der Waals surface area contributed by atoms with E-state index in [1.54, 1.807) is 122 Å². The molecule has 22 nitrogen and oxygen atoms in total. The number of aliphatic carboxylic acids is 1. The molecule has 436 valence electrons. The van der Waals surface area contributed by atoms with Crippen LogP contribution in [-0.2, 0) is 68.5 Å². The number of amides is 4. The number of fused-ring (bicyclic) bond motifs is 11. The smallest absolute Gasteiger partial charge is 0.320 e. The van der Waals surface area contributed by atoms with Crippen LogP contribution >= 0.6 is 0 Å². The minimum absolute atomic E-state index is 0.00881. The Morgan fingerprint density at radius 2 is 1.06 bits per heavy atom. The van der Waals surface area contributed by atoms with E-state index in [-0.39, 0.29) is 104 Å². The normalized spacial score (nSPS) is 16.7. The first-order chi connectivity index (χ1) is 35.6. The second-order valence-corrected chi connectivity index (χ2v) is 23.9. The summed E-state index contributed by atoms with van der Waals surface area (Å²) in [6.45, 7) is 23.9. The largest absolute Gasteiger partial charge is 0.494 e. The topological polar surface area (TPSA) is 278 Å². The van der Waals surface area contributed by atoms with E-state index < -0.39 is 100 Å². The number of esters is 4. The molecule has 0 radical (unpaired) electrons. The van der Waals surface area contributed by atoms with E-state index in [0.29, 0.717) is 24.2 Å². The third-order valence-corrected chi connectivity index (χ3v) is 11.1. The molecule has 1 unspecified atom stereocenters. The van der Waals surface area contributed by atoms with Gasteiger partial charge < -0.3 is 50.1 Å². The van der Waals surface area contributed by atoms with E-state index in [4.69, 9.17) is 23.7 Å². The number of carboxylic acid groups (broad SMARTS) is 1. The maximum Gasteiger partial charge on any atom is 0.320 e. The lowest BCUT2D eigenvalue weighted by Gasteiger charge is -2.30. The number of nitrogens with one attached hydrogen (secondary N) is 4. The molecule has 4 amide bonds. The average Bonchev–Trinajstić information content (AvgIpc) is 3.25. The molecule has 0 aliphatic carbocycles. The van der Waals surface area contributed by atoms with E-state index in [1.807, 2.05) is 13.8 Å². The number of nitrogens with zero attached hydrogens (tertiary/aromatic N) is 3. The minimum atomic E-state index is -1.13. The number of carbonyl (C=O) groups is 9. The Kier molecular flexibility index (Phi) is 27.5. The van der Waals surface area contributed by atoms with Crippen LogP contribution in [-0.4, -0.2) is 187 Å². The van der Waals surface area contributed by atoms with Gasteiger partial charge in [0.15, 0.2) is 0 Å². The fraction of sp³-hybridized carbons (Fsp3) is 0.727. The highest BCUT2D eigenvalue weighted by Gasteiger charge is 2.36.